The lowest BCUT2D eigenvalue weighted by Gasteiger charge is -2.39. The molecule has 1 heteroatoms. The zero-order chi connectivity index (χ0) is 11.0. The maximum absolute atomic E-state index is 6.39. The van der Waals surface area contributed by atoms with Gasteiger partial charge in [0.15, 0.2) is 0 Å². The first kappa shape index (κ1) is 10.3. The van der Waals surface area contributed by atoms with E-state index < -0.39 is 0 Å². The molecule has 16 heavy (non-hydrogen) atoms. The van der Waals surface area contributed by atoms with Crippen molar-refractivity contribution in [2.75, 3.05) is 0 Å². The molecule has 0 aromatic heterocycles. The molecule has 2 aliphatic carbocycles. The molecule has 0 heterocycles. The summed E-state index contributed by atoms with van der Waals surface area (Å²) in [5.41, 5.74) is 9.31. The van der Waals surface area contributed by atoms with Crippen molar-refractivity contribution in [1.29, 1.82) is 0 Å². The number of benzene rings is 1. The van der Waals surface area contributed by atoms with Gasteiger partial charge in [0.25, 0.3) is 0 Å². The van der Waals surface area contributed by atoms with Crippen molar-refractivity contribution in [2.45, 2.75) is 56.4 Å². The van der Waals surface area contributed by atoms with Crippen molar-refractivity contribution < 1.29 is 0 Å². The summed E-state index contributed by atoms with van der Waals surface area (Å²) >= 11 is 0. The molecule has 1 nitrogen and oxygen atoms in total. The average molecular weight is 215 g/mol. The summed E-state index contributed by atoms with van der Waals surface area (Å²) in [7, 11) is 0. The van der Waals surface area contributed by atoms with Gasteiger partial charge < -0.3 is 5.73 Å². The Morgan fingerprint density at radius 1 is 1.06 bits per heavy atom. The van der Waals surface area contributed by atoms with Crippen LogP contribution in [-0.2, 0) is 5.54 Å². The fourth-order valence-electron chi connectivity index (χ4n) is 3.21. The van der Waals surface area contributed by atoms with Crippen LogP contribution in [0.3, 0.4) is 0 Å². The maximum atomic E-state index is 6.39. The molecule has 0 saturated heterocycles. The molecular weight excluding hydrogens is 194 g/mol. The summed E-state index contributed by atoms with van der Waals surface area (Å²) in [6.07, 6.45) is 9.19. The highest BCUT2D eigenvalue weighted by molar-refractivity contribution is 5.33. The van der Waals surface area contributed by atoms with Crippen LogP contribution in [0.4, 0.5) is 0 Å². The van der Waals surface area contributed by atoms with Crippen LogP contribution in [0.1, 0.15) is 62.0 Å². The number of hydrogen-bond acceptors (Lipinski definition) is 1. The van der Waals surface area contributed by atoms with E-state index in [-0.39, 0.29) is 5.54 Å². The largest absolute Gasteiger partial charge is 0.321 e. The molecular formula is C15H21N. The molecule has 0 aliphatic heterocycles. The van der Waals surface area contributed by atoms with Gasteiger partial charge in [0.05, 0.1) is 0 Å². The first-order valence-corrected chi connectivity index (χ1v) is 6.67. The Labute approximate surface area is 98.0 Å². The Kier molecular flexibility index (Phi) is 2.51. The van der Waals surface area contributed by atoms with Crippen molar-refractivity contribution in [3.63, 3.8) is 0 Å². The number of hydrogen-bond donors (Lipinski definition) is 1. The van der Waals surface area contributed by atoms with Crippen molar-refractivity contribution in [3.05, 3.63) is 35.4 Å². The normalized spacial score (nSPS) is 24.3. The van der Waals surface area contributed by atoms with E-state index >= 15 is 0 Å². The minimum absolute atomic E-state index is 0.00855. The first-order chi connectivity index (χ1) is 7.78. The fourth-order valence-corrected chi connectivity index (χ4v) is 3.21. The van der Waals surface area contributed by atoms with E-state index in [2.05, 4.69) is 24.3 Å². The van der Waals surface area contributed by atoms with Crippen molar-refractivity contribution in [3.8, 4) is 0 Å². The molecule has 2 saturated carbocycles. The zero-order valence-electron chi connectivity index (χ0n) is 9.91. The number of nitrogens with two attached hydrogens (primary N) is 1. The van der Waals surface area contributed by atoms with Gasteiger partial charge in [-0.25, -0.2) is 0 Å². The molecule has 0 amide bonds. The quantitative estimate of drug-likeness (QED) is 0.800. The predicted molar refractivity (Wildman–Crippen MR) is 67.4 cm³/mol. The van der Waals surface area contributed by atoms with Crippen LogP contribution in [0.15, 0.2) is 24.3 Å². The van der Waals surface area contributed by atoms with Crippen LogP contribution in [0.25, 0.3) is 0 Å². The summed E-state index contributed by atoms with van der Waals surface area (Å²) in [5, 5.41) is 0. The van der Waals surface area contributed by atoms with Crippen molar-refractivity contribution in [2.24, 2.45) is 5.73 Å². The monoisotopic (exact) mass is 215 g/mol. The lowest BCUT2D eigenvalue weighted by atomic mass is 9.72. The topological polar surface area (TPSA) is 26.0 Å². The third-order valence-electron chi connectivity index (χ3n) is 4.53. The average Bonchev–Trinajstić information content (AvgIpc) is 2.79. The molecule has 0 bridgehead atoms. The summed E-state index contributed by atoms with van der Waals surface area (Å²) in [4.78, 5) is 0. The molecule has 0 spiro atoms. The van der Waals surface area contributed by atoms with E-state index in [9.17, 15) is 0 Å². The predicted octanol–water partition coefficient (Wildman–Crippen LogP) is 3.68. The van der Waals surface area contributed by atoms with E-state index in [1.165, 1.54) is 56.1 Å². The molecule has 0 atom stereocenters. The third-order valence-corrected chi connectivity index (χ3v) is 4.53. The Bertz CT molecular complexity index is 373. The van der Waals surface area contributed by atoms with Gasteiger partial charge in [-0.3, -0.25) is 0 Å². The SMILES string of the molecule is NC1(c2cccc(C3CCCC3)c2)CCC1. The Morgan fingerprint density at radius 2 is 1.81 bits per heavy atom. The van der Waals surface area contributed by atoms with Gasteiger partial charge in [0.2, 0.25) is 0 Å². The lowest BCUT2D eigenvalue weighted by Crippen LogP contribution is -2.43. The summed E-state index contributed by atoms with van der Waals surface area (Å²) in [6.45, 7) is 0. The smallest absolute Gasteiger partial charge is 0.0409 e. The van der Waals surface area contributed by atoms with Crippen molar-refractivity contribution >= 4 is 0 Å². The fraction of sp³-hybridized carbons (Fsp3) is 0.600. The second-order valence-electron chi connectivity index (χ2n) is 5.62. The Morgan fingerprint density at radius 3 is 2.44 bits per heavy atom. The summed E-state index contributed by atoms with van der Waals surface area (Å²) in [5.74, 6) is 0.809. The molecule has 86 valence electrons. The third kappa shape index (κ3) is 1.67. The van der Waals surface area contributed by atoms with E-state index in [0.717, 1.165) is 5.92 Å². The second-order valence-corrected chi connectivity index (χ2v) is 5.62. The number of rotatable bonds is 2. The van der Waals surface area contributed by atoms with E-state index in [1.807, 2.05) is 0 Å². The highest BCUT2D eigenvalue weighted by atomic mass is 14.8. The summed E-state index contributed by atoms with van der Waals surface area (Å²) in [6, 6.07) is 9.10. The molecule has 3 rings (SSSR count). The van der Waals surface area contributed by atoms with Gasteiger partial charge in [0, 0.05) is 5.54 Å². The van der Waals surface area contributed by atoms with Crippen LogP contribution < -0.4 is 5.73 Å². The van der Waals surface area contributed by atoms with Crippen LogP contribution in [-0.4, -0.2) is 0 Å². The molecule has 1 aromatic rings. The Hall–Kier alpha value is -0.820. The summed E-state index contributed by atoms with van der Waals surface area (Å²) < 4.78 is 0. The molecule has 0 unspecified atom stereocenters. The standard InChI is InChI=1S/C15H21N/c16-15(9-4-10-15)14-8-3-7-13(11-14)12-5-1-2-6-12/h3,7-8,11-12H,1-2,4-6,9-10,16H2. The van der Waals surface area contributed by atoms with Gasteiger partial charge in [0.1, 0.15) is 0 Å². The van der Waals surface area contributed by atoms with Crippen LogP contribution in [0.5, 0.6) is 0 Å². The van der Waals surface area contributed by atoms with E-state index in [0.29, 0.717) is 0 Å². The highest BCUT2D eigenvalue weighted by Gasteiger charge is 2.34. The van der Waals surface area contributed by atoms with Crippen LogP contribution in [0, 0.1) is 0 Å². The van der Waals surface area contributed by atoms with E-state index in [4.69, 9.17) is 5.73 Å². The molecule has 2 fully saturated rings. The Balaban J connectivity index is 1.87. The van der Waals surface area contributed by atoms with Gasteiger partial charge in [-0.05, 0) is 49.1 Å². The van der Waals surface area contributed by atoms with Crippen LogP contribution in [0.2, 0.25) is 0 Å². The van der Waals surface area contributed by atoms with Gasteiger partial charge >= 0.3 is 0 Å². The van der Waals surface area contributed by atoms with E-state index in [1.54, 1.807) is 0 Å². The molecule has 1 aromatic carbocycles. The van der Waals surface area contributed by atoms with Crippen LogP contribution >= 0.6 is 0 Å². The maximum Gasteiger partial charge on any atom is 0.0409 e. The zero-order valence-corrected chi connectivity index (χ0v) is 9.91. The minimum atomic E-state index is 0.00855. The molecule has 2 aliphatic rings. The van der Waals surface area contributed by atoms with Crippen molar-refractivity contribution in [1.82, 2.24) is 0 Å². The van der Waals surface area contributed by atoms with Gasteiger partial charge in [-0.15, -0.1) is 0 Å². The highest BCUT2D eigenvalue weighted by Crippen LogP contribution is 2.41. The molecule has 2 N–H and O–H groups in total. The van der Waals surface area contributed by atoms with Gasteiger partial charge in [-0.2, -0.15) is 0 Å². The lowest BCUT2D eigenvalue weighted by molar-refractivity contribution is 0.253. The minimum Gasteiger partial charge on any atom is -0.321 e. The van der Waals surface area contributed by atoms with Gasteiger partial charge in [-0.1, -0.05) is 37.1 Å². The second kappa shape index (κ2) is 3.89. The molecule has 0 radical (unpaired) electrons. The first-order valence-electron chi connectivity index (χ1n) is 6.67.